The van der Waals surface area contributed by atoms with Crippen molar-refractivity contribution in [3.05, 3.63) is 21.9 Å². The molecule has 1 aromatic heterocycles. The smallest absolute Gasteiger partial charge is 0.261 e. The Labute approximate surface area is 112 Å². The molecule has 0 bridgehead atoms. The number of thiophene rings is 1. The predicted molar refractivity (Wildman–Crippen MR) is 73.2 cm³/mol. The van der Waals surface area contributed by atoms with Crippen molar-refractivity contribution in [2.24, 2.45) is 0 Å². The van der Waals surface area contributed by atoms with Crippen LogP contribution in [0.2, 0.25) is 0 Å². The molecule has 18 heavy (non-hydrogen) atoms. The van der Waals surface area contributed by atoms with Crippen LogP contribution in [0.5, 0.6) is 0 Å². The molecule has 1 rings (SSSR count). The molecule has 0 aromatic carbocycles. The molecule has 4 nitrogen and oxygen atoms in total. The Balaban J connectivity index is 2.43. The number of hydrogen-bond acceptors (Lipinski definition) is 4. The molecule has 0 saturated heterocycles. The molecule has 2 N–H and O–H groups in total. The van der Waals surface area contributed by atoms with Gasteiger partial charge in [0.05, 0.1) is 17.6 Å². The fourth-order valence-electron chi connectivity index (χ4n) is 1.67. The van der Waals surface area contributed by atoms with Crippen molar-refractivity contribution in [1.82, 2.24) is 5.32 Å². The number of carbonyl (C=O) groups is 1. The zero-order valence-corrected chi connectivity index (χ0v) is 11.9. The summed E-state index contributed by atoms with van der Waals surface area (Å²) in [4.78, 5) is 12.7. The van der Waals surface area contributed by atoms with Gasteiger partial charge in [0, 0.05) is 13.7 Å². The molecule has 1 aromatic rings. The lowest BCUT2D eigenvalue weighted by atomic mass is 10.0. The van der Waals surface area contributed by atoms with Gasteiger partial charge < -0.3 is 15.2 Å². The fourth-order valence-corrected chi connectivity index (χ4v) is 2.64. The summed E-state index contributed by atoms with van der Waals surface area (Å²) in [5.74, 6) is 0.286. The molecule has 1 atom stereocenters. The van der Waals surface area contributed by atoms with Gasteiger partial charge in [0.15, 0.2) is 0 Å². The van der Waals surface area contributed by atoms with E-state index in [0.717, 1.165) is 10.4 Å². The zero-order chi connectivity index (χ0) is 13.5. The topological polar surface area (TPSA) is 58.6 Å². The number of nitrogens with one attached hydrogen (secondary N) is 1. The Morgan fingerprint density at radius 3 is 2.89 bits per heavy atom. The van der Waals surface area contributed by atoms with Crippen molar-refractivity contribution in [2.45, 2.75) is 32.3 Å². The van der Waals surface area contributed by atoms with Crippen LogP contribution >= 0.6 is 11.3 Å². The van der Waals surface area contributed by atoms with Crippen LogP contribution in [0.15, 0.2) is 11.4 Å². The predicted octanol–water partition coefficient (Wildman–Crippen LogP) is 2.00. The van der Waals surface area contributed by atoms with Gasteiger partial charge in [0.25, 0.3) is 5.91 Å². The van der Waals surface area contributed by atoms with Gasteiger partial charge in [-0.2, -0.15) is 0 Å². The Bertz CT molecular complexity index is 376. The molecule has 0 spiro atoms. The number of ether oxygens (including phenoxy) is 1. The van der Waals surface area contributed by atoms with Crippen LogP contribution < -0.4 is 5.32 Å². The van der Waals surface area contributed by atoms with Crippen LogP contribution in [0.25, 0.3) is 0 Å². The summed E-state index contributed by atoms with van der Waals surface area (Å²) >= 11 is 1.46. The van der Waals surface area contributed by atoms with Gasteiger partial charge in [-0.25, -0.2) is 0 Å². The van der Waals surface area contributed by atoms with E-state index in [1.54, 1.807) is 7.11 Å². The van der Waals surface area contributed by atoms with Gasteiger partial charge in [-0.3, -0.25) is 4.79 Å². The Hall–Kier alpha value is -0.910. The molecule has 102 valence electrons. The lowest BCUT2D eigenvalue weighted by Gasteiger charge is -2.11. The summed E-state index contributed by atoms with van der Waals surface area (Å²) in [6.07, 6.45) is -0.0229. The highest BCUT2D eigenvalue weighted by Gasteiger charge is 2.15. The van der Waals surface area contributed by atoms with Crippen molar-refractivity contribution in [3.8, 4) is 0 Å². The van der Waals surface area contributed by atoms with E-state index in [1.807, 2.05) is 11.4 Å². The summed E-state index contributed by atoms with van der Waals surface area (Å²) in [7, 11) is 1.54. The maximum Gasteiger partial charge on any atom is 0.261 e. The molecule has 0 aliphatic rings. The number of amides is 1. The van der Waals surface area contributed by atoms with E-state index in [0.29, 0.717) is 25.5 Å². The SMILES string of the molecule is COCC(O)CCNC(=O)c1sccc1C(C)C. The van der Waals surface area contributed by atoms with Crippen molar-refractivity contribution in [2.75, 3.05) is 20.3 Å². The molecule has 0 saturated carbocycles. The number of hydrogen-bond donors (Lipinski definition) is 2. The molecule has 0 radical (unpaired) electrons. The molecule has 1 amide bonds. The van der Waals surface area contributed by atoms with Crippen molar-refractivity contribution >= 4 is 17.2 Å². The minimum absolute atomic E-state index is 0.0571. The molecule has 1 unspecified atom stereocenters. The van der Waals surface area contributed by atoms with Gasteiger partial charge in [-0.1, -0.05) is 13.8 Å². The number of methoxy groups -OCH3 is 1. The second kappa shape index (κ2) is 7.51. The van der Waals surface area contributed by atoms with Crippen LogP contribution in [-0.4, -0.2) is 37.4 Å². The summed E-state index contributed by atoms with van der Waals surface area (Å²) in [6, 6.07) is 1.99. The number of carbonyl (C=O) groups excluding carboxylic acids is 1. The van der Waals surface area contributed by atoms with E-state index in [4.69, 9.17) is 4.74 Å². The second-order valence-electron chi connectivity index (χ2n) is 4.51. The monoisotopic (exact) mass is 271 g/mol. The third-order valence-electron chi connectivity index (χ3n) is 2.65. The molecular weight excluding hydrogens is 250 g/mol. The van der Waals surface area contributed by atoms with Gasteiger partial charge >= 0.3 is 0 Å². The van der Waals surface area contributed by atoms with E-state index in [1.165, 1.54) is 11.3 Å². The third-order valence-corrected chi connectivity index (χ3v) is 3.58. The molecule has 5 heteroatoms. The Kier molecular flexibility index (Phi) is 6.32. The van der Waals surface area contributed by atoms with Crippen molar-refractivity contribution in [3.63, 3.8) is 0 Å². The Morgan fingerprint density at radius 2 is 2.28 bits per heavy atom. The summed E-state index contributed by atoms with van der Waals surface area (Å²) in [5, 5.41) is 14.2. The maximum atomic E-state index is 12.0. The summed E-state index contributed by atoms with van der Waals surface area (Å²) < 4.78 is 4.82. The quantitative estimate of drug-likeness (QED) is 0.797. The van der Waals surface area contributed by atoms with Gasteiger partial charge in [0.2, 0.25) is 0 Å². The standard InChI is InChI=1S/C13H21NO3S/c1-9(2)11-5-7-18-12(11)13(16)14-6-4-10(15)8-17-3/h5,7,9-10,15H,4,6,8H2,1-3H3,(H,14,16). The fraction of sp³-hybridized carbons (Fsp3) is 0.615. The first-order chi connectivity index (χ1) is 8.56. The number of aliphatic hydroxyl groups is 1. The van der Waals surface area contributed by atoms with E-state index in [9.17, 15) is 9.90 Å². The van der Waals surface area contributed by atoms with Crippen LogP contribution in [0.1, 0.15) is 41.4 Å². The van der Waals surface area contributed by atoms with Crippen LogP contribution in [-0.2, 0) is 4.74 Å². The van der Waals surface area contributed by atoms with Crippen LogP contribution in [0.4, 0.5) is 0 Å². The highest BCUT2D eigenvalue weighted by atomic mass is 32.1. The van der Waals surface area contributed by atoms with E-state index in [-0.39, 0.29) is 5.91 Å². The largest absolute Gasteiger partial charge is 0.391 e. The second-order valence-corrected chi connectivity index (χ2v) is 5.43. The molecule has 0 aliphatic carbocycles. The minimum atomic E-state index is -0.525. The Morgan fingerprint density at radius 1 is 1.56 bits per heavy atom. The zero-order valence-electron chi connectivity index (χ0n) is 11.1. The van der Waals surface area contributed by atoms with Crippen LogP contribution in [0, 0.1) is 0 Å². The van der Waals surface area contributed by atoms with Crippen molar-refractivity contribution in [1.29, 1.82) is 0 Å². The summed E-state index contributed by atoms with van der Waals surface area (Å²) in [5.41, 5.74) is 1.08. The number of aliphatic hydroxyl groups excluding tert-OH is 1. The average molecular weight is 271 g/mol. The molecule has 0 fully saturated rings. The lowest BCUT2D eigenvalue weighted by Crippen LogP contribution is -2.28. The van der Waals surface area contributed by atoms with E-state index < -0.39 is 6.10 Å². The first-order valence-corrected chi connectivity index (χ1v) is 6.96. The van der Waals surface area contributed by atoms with Gasteiger partial charge in [0.1, 0.15) is 0 Å². The normalized spacial score (nSPS) is 12.7. The molecule has 0 aliphatic heterocycles. The minimum Gasteiger partial charge on any atom is -0.391 e. The first-order valence-electron chi connectivity index (χ1n) is 6.08. The third kappa shape index (κ3) is 4.40. The van der Waals surface area contributed by atoms with E-state index >= 15 is 0 Å². The van der Waals surface area contributed by atoms with Crippen LogP contribution in [0.3, 0.4) is 0 Å². The molecular formula is C13H21NO3S. The molecule has 1 heterocycles. The lowest BCUT2D eigenvalue weighted by molar-refractivity contribution is 0.0588. The summed E-state index contributed by atoms with van der Waals surface area (Å²) in [6.45, 7) is 4.90. The average Bonchev–Trinajstić information content (AvgIpc) is 2.78. The highest BCUT2D eigenvalue weighted by Crippen LogP contribution is 2.24. The van der Waals surface area contributed by atoms with Gasteiger partial charge in [-0.05, 0) is 29.3 Å². The van der Waals surface area contributed by atoms with E-state index in [2.05, 4.69) is 19.2 Å². The highest BCUT2D eigenvalue weighted by molar-refractivity contribution is 7.12. The number of rotatable bonds is 7. The van der Waals surface area contributed by atoms with Crippen molar-refractivity contribution < 1.29 is 14.6 Å². The first kappa shape index (κ1) is 15.1. The van der Waals surface area contributed by atoms with Gasteiger partial charge in [-0.15, -0.1) is 11.3 Å². The maximum absolute atomic E-state index is 12.0.